The smallest absolute Gasteiger partial charge is 0.303 e. The number of hydrogen-bond donors (Lipinski definition) is 1. The molecule has 2 rings (SSSR count). The van der Waals surface area contributed by atoms with Crippen LogP contribution in [0, 0.1) is 11.8 Å². The molecule has 0 aromatic carbocycles. The van der Waals surface area contributed by atoms with Crippen LogP contribution in [0.25, 0.3) is 0 Å². The summed E-state index contributed by atoms with van der Waals surface area (Å²) in [6.45, 7) is 2.89. The number of oxime groups is 1. The van der Waals surface area contributed by atoms with E-state index in [0.717, 1.165) is 44.9 Å². The van der Waals surface area contributed by atoms with Crippen LogP contribution < -0.4 is 0 Å². The molecule has 0 amide bonds. The molecule has 0 saturated carbocycles. The molecular formula is C19H33NO4. The fourth-order valence-corrected chi connectivity index (χ4v) is 3.99. The van der Waals surface area contributed by atoms with E-state index in [1.165, 1.54) is 19.3 Å². The number of fused-ring (bicyclic) bond motifs is 2. The summed E-state index contributed by atoms with van der Waals surface area (Å²) in [6.07, 6.45) is 14.0. The zero-order chi connectivity index (χ0) is 17.2. The Balaban J connectivity index is 1.65. The number of carboxylic acid groups (broad SMARTS) is 1. The highest BCUT2D eigenvalue weighted by Gasteiger charge is 2.47. The minimum Gasteiger partial charge on any atom is -0.481 e. The number of carboxylic acids is 1. The van der Waals surface area contributed by atoms with Crippen molar-refractivity contribution in [3.63, 3.8) is 0 Å². The van der Waals surface area contributed by atoms with Gasteiger partial charge in [-0.25, -0.2) is 0 Å². The molecule has 138 valence electrons. The number of rotatable bonds is 13. The van der Waals surface area contributed by atoms with Gasteiger partial charge in [-0.05, 0) is 38.0 Å². The van der Waals surface area contributed by atoms with Gasteiger partial charge in [-0.2, -0.15) is 0 Å². The van der Waals surface area contributed by atoms with E-state index in [1.807, 2.05) is 6.21 Å². The minimum absolute atomic E-state index is 0.294. The SMILES string of the molecule is CCCCCON=C[C@H]1[C@@H](CCCCCCC(=O)O)[C@H]2CC[C@@H]1O2. The maximum Gasteiger partial charge on any atom is 0.303 e. The van der Waals surface area contributed by atoms with Gasteiger partial charge in [0.05, 0.1) is 12.2 Å². The standard InChI is InChI=1S/C19H33NO4/c1-2-3-8-13-23-20-14-16-15(17-11-12-18(16)24-17)9-6-4-5-7-10-19(21)22/h14-18H,2-13H2,1H3,(H,21,22)/t15-,16+,17-,18+/m1/s1. The Morgan fingerprint density at radius 3 is 2.75 bits per heavy atom. The lowest BCUT2D eigenvalue weighted by Crippen LogP contribution is -2.28. The van der Waals surface area contributed by atoms with E-state index in [1.54, 1.807) is 0 Å². The summed E-state index contributed by atoms with van der Waals surface area (Å²) in [5.41, 5.74) is 0. The number of ether oxygens (including phenoxy) is 1. The normalized spacial score (nSPS) is 28.7. The molecule has 0 aliphatic carbocycles. The number of hydrogen-bond acceptors (Lipinski definition) is 4. The van der Waals surface area contributed by atoms with Gasteiger partial charge in [0.25, 0.3) is 0 Å². The molecule has 5 heteroatoms. The van der Waals surface area contributed by atoms with Crippen LogP contribution in [-0.2, 0) is 14.4 Å². The van der Waals surface area contributed by atoms with Crippen molar-refractivity contribution in [2.24, 2.45) is 17.0 Å². The van der Waals surface area contributed by atoms with Crippen LogP contribution in [0.4, 0.5) is 0 Å². The van der Waals surface area contributed by atoms with Gasteiger partial charge in [0.1, 0.15) is 6.61 Å². The molecule has 2 fully saturated rings. The Morgan fingerprint density at radius 1 is 1.17 bits per heavy atom. The molecule has 0 aromatic heterocycles. The highest BCUT2D eigenvalue weighted by molar-refractivity contribution is 5.66. The van der Waals surface area contributed by atoms with E-state index in [-0.39, 0.29) is 0 Å². The Hall–Kier alpha value is -1.10. The molecule has 5 nitrogen and oxygen atoms in total. The molecule has 0 unspecified atom stereocenters. The number of aliphatic carboxylic acids is 1. The van der Waals surface area contributed by atoms with Gasteiger partial charge in [0.2, 0.25) is 0 Å². The van der Waals surface area contributed by atoms with Crippen molar-refractivity contribution in [3.05, 3.63) is 0 Å². The fraction of sp³-hybridized carbons (Fsp3) is 0.895. The first kappa shape index (κ1) is 19.2. The van der Waals surface area contributed by atoms with E-state index in [4.69, 9.17) is 14.7 Å². The van der Waals surface area contributed by atoms with Crippen molar-refractivity contribution in [1.82, 2.24) is 0 Å². The van der Waals surface area contributed by atoms with Gasteiger partial charge >= 0.3 is 5.97 Å². The van der Waals surface area contributed by atoms with Gasteiger partial charge in [0, 0.05) is 18.6 Å². The largest absolute Gasteiger partial charge is 0.481 e. The van der Waals surface area contributed by atoms with Crippen LogP contribution in [0.3, 0.4) is 0 Å². The summed E-state index contributed by atoms with van der Waals surface area (Å²) < 4.78 is 6.08. The van der Waals surface area contributed by atoms with Crippen molar-refractivity contribution in [3.8, 4) is 0 Å². The van der Waals surface area contributed by atoms with Crippen LogP contribution >= 0.6 is 0 Å². The molecule has 2 saturated heterocycles. The Bertz CT molecular complexity index is 399. The molecule has 0 spiro atoms. The Labute approximate surface area is 145 Å². The van der Waals surface area contributed by atoms with Crippen molar-refractivity contribution in [2.75, 3.05) is 6.61 Å². The second-order valence-electron chi connectivity index (χ2n) is 7.17. The molecule has 2 bridgehead atoms. The third-order valence-corrected chi connectivity index (χ3v) is 5.31. The van der Waals surface area contributed by atoms with Gasteiger partial charge < -0.3 is 14.7 Å². The number of carbonyl (C=O) groups is 1. The van der Waals surface area contributed by atoms with E-state index in [9.17, 15) is 4.79 Å². The average molecular weight is 339 g/mol. The maximum atomic E-state index is 10.5. The number of nitrogens with zero attached hydrogens (tertiary/aromatic N) is 1. The summed E-state index contributed by atoms with van der Waals surface area (Å²) in [5.74, 6) is 0.270. The Kier molecular flexibility index (Phi) is 8.57. The summed E-state index contributed by atoms with van der Waals surface area (Å²) in [6, 6.07) is 0. The molecular weight excluding hydrogens is 306 g/mol. The zero-order valence-corrected chi connectivity index (χ0v) is 15.0. The molecule has 2 aliphatic heterocycles. The van der Waals surface area contributed by atoms with Gasteiger partial charge in [-0.3, -0.25) is 4.79 Å². The lowest BCUT2D eigenvalue weighted by molar-refractivity contribution is -0.137. The zero-order valence-electron chi connectivity index (χ0n) is 15.0. The maximum absolute atomic E-state index is 10.5. The third-order valence-electron chi connectivity index (χ3n) is 5.31. The second kappa shape index (κ2) is 10.7. The fourth-order valence-electron chi connectivity index (χ4n) is 3.99. The lowest BCUT2D eigenvalue weighted by atomic mass is 9.77. The van der Waals surface area contributed by atoms with E-state index in [2.05, 4.69) is 12.1 Å². The second-order valence-corrected chi connectivity index (χ2v) is 7.17. The third kappa shape index (κ3) is 6.08. The molecule has 1 N–H and O–H groups in total. The average Bonchev–Trinajstić information content (AvgIpc) is 3.15. The highest BCUT2D eigenvalue weighted by atomic mass is 16.6. The predicted octanol–water partition coefficient (Wildman–Crippen LogP) is 4.40. The first-order valence-corrected chi connectivity index (χ1v) is 9.75. The highest BCUT2D eigenvalue weighted by Crippen LogP contribution is 2.44. The first-order chi connectivity index (χ1) is 11.7. The van der Waals surface area contributed by atoms with Crippen molar-refractivity contribution in [2.45, 2.75) is 89.8 Å². The van der Waals surface area contributed by atoms with Crippen LogP contribution in [0.1, 0.15) is 77.6 Å². The summed E-state index contributed by atoms with van der Waals surface area (Å²) >= 11 is 0. The molecule has 0 radical (unpaired) electrons. The predicted molar refractivity (Wildman–Crippen MR) is 94.2 cm³/mol. The van der Waals surface area contributed by atoms with Crippen molar-refractivity contribution < 1.29 is 19.5 Å². The van der Waals surface area contributed by atoms with Crippen LogP contribution in [-0.4, -0.2) is 36.1 Å². The monoisotopic (exact) mass is 339 g/mol. The van der Waals surface area contributed by atoms with Crippen LogP contribution in [0.15, 0.2) is 5.16 Å². The molecule has 2 heterocycles. The van der Waals surface area contributed by atoms with Crippen LogP contribution in [0.5, 0.6) is 0 Å². The topological polar surface area (TPSA) is 68.1 Å². The summed E-state index contributed by atoms with van der Waals surface area (Å²) in [7, 11) is 0. The van der Waals surface area contributed by atoms with E-state index >= 15 is 0 Å². The lowest BCUT2D eigenvalue weighted by Gasteiger charge is -2.24. The quantitative estimate of drug-likeness (QED) is 0.307. The molecule has 4 atom stereocenters. The van der Waals surface area contributed by atoms with Gasteiger partial charge in [0.15, 0.2) is 0 Å². The Morgan fingerprint density at radius 2 is 1.96 bits per heavy atom. The van der Waals surface area contributed by atoms with Crippen molar-refractivity contribution in [1.29, 1.82) is 0 Å². The van der Waals surface area contributed by atoms with E-state index < -0.39 is 5.97 Å². The first-order valence-electron chi connectivity index (χ1n) is 9.75. The van der Waals surface area contributed by atoms with E-state index in [0.29, 0.717) is 37.1 Å². The number of unbranched alkanes of at least 4 members (excludes halogenated alkanes) is 5. The van der Waals surface area contributed by atoms with Crippen LogP contribution in [0.2, 0.25) is 0 Å². The van der Waals surface area contributed by atoms with Gasteiger partial charge in [-0.1, -0.05) is 44.2 Å². The van der Waals surface area contributed by atoms with Gasteiger partial charge in [-0.15, -0.1) is 0 Å². The summed E-state index contributed by atoms with van der Waals surface area (Å²) in [5, 5.41) is 12.9. The van der Waals surface area contributed by atoms with Crippen molar-refractivity contribution >= 4 is 12.2 Å². The molecule has 2 aliphatic rings. The molecule has 24 heavy (non-hydrogen) atoms. The summed E-state index contributed by atoms with van der Waals surface area (Å²) in [4.78, 5) is 15.9. The minimum atomic E-state index is -0.688. The molecule has 0 aromatic rings.